The lowest BCUT2D eigenvalue weighted by Gasteiger charge is -2.24. The van der Waals surface area contributed by atoms with Gasteiger partial charge in [0.25, 0.3) is 5.56 Å². The molecular weight excluding hydrogens is 607 g/mol. The quantitative estimate of drug-likeness (QED) is 0.229. The SMILES string of the molecule is COc1cc(CC(=O)[C@H](CCOC(C)(C)C)n2cc(OC)c(-c3cc(Cl)ccc3OCC(F)(F)F)cc2=O)ccc1C(=O)O. The Balaban J connectivity index is 2.06. The van der Waals surface area contributed by atoms with Crippen molar-refractivity contribution >= 4 is 23.4 Å². The Labute approximate surface area is 257 Å². The van der Waals surface area contributed by atoms with E-state index in [4.69, 9.17) is 30.5 Å². The van der Waals surface area contributed by atoms with Gasteiger partial charge >= 0.3 is 12.1 Å². The second-order valence-corrected chi connectivity index (χ2v) is 11.2. The van der Waals surface area contributed by atoms with E-state index < -0.39 is 36.0 Å². The molecule has 0 saturated carbocycles. The minimum absolute atomic E-state index is 0.0728. The minimum atomic E-state index is -4.61. The van der Waals surface area contributed by atoms with Gasteiger partial charge in [0.2, 0.25) is 0 Å². The number of nitrogens with zero attached hydrogens (tertiary/aromatic N) is 1. The lowest BCUT2D eigenvalue weighted by Crippen LogP contribution is -2.32. The Morgan fingerprint density at radius 3 is 2.20 bits per heavy atom. The third kappa shape index (κ3) is 9.23. The number of rotatable bonds is 13. The first kappa shape index (κ1) is 34.5. The minimum Gasteiger partial charge on any atom is -0.496 e. The smallest absolute Gasteiger partial charge is 0.422 e. The lowest BCUT2D eigenvalue weighted by molar-refractivity contribution is -0.153. The fourth-order valence-corrected chi connectivity index (χ4v) is 4.59. The summed E-state index contributed by atoms with van der Waals surface area (Å²) in [6, 6.07) is 8.32. The summed E-state index contributed by atoms with van der Waals surface area (Å²) in [5.41, 5.74) is -0.586. The molecule has 0 fully saturated rings. The van der Waals surface area contributed by atoms with Gasteiger partial charge in [-0.1, -0.05) is 17.7 Å². The molecule has 0 spiro atoms. The molecule has 9 nitrogen and oxygen atoms in total. The van der Waals surface area contributed by atoms with Gasteiger partial charge in [0, 0.05) is 35.2 Å². The van der Waals surface area contributed by atoms with Crippen LogP contribution in [0.2, 0.25) is 5.02 Å². The molecular formula is C31H33ClF3NO8. The van der Waals surface area contributed by atoms with Crippen molar-refractivity contribution < 1.29 is 46.8 Å². The van der Waals surface area contributed by atoms with Crippen molar-refractivity contribution in [2.24, 2.45) is 0 Å². The summed E-state index contributed by atoms with van der Waals surface area (Å²) in [5.74, 6) is -1.61. The number of carbonyl (C=O) groups excluding carboxylic acids is 1. The summed E-state index contributed by atoms with van der Waals surface area (Å²) in [5, 5.41) is 9.56. The molecule has 44 heavy (non-hydrogen) atoms. The Morgan fingerprint density at radius 1 is 0.955 bits per heavy atom. The monoisotopic (exact) mass is 639 g/mol. The van der Waals surface area contributed by atoms with Gasteiger partial charge in [-0.15, -0.1) is 0 Å². The second kappa shape index (κ2) is 14.2. The standard InChI is InChI=1S/C31H33ClF3NO8/c1-30(2,3)44-11-10-23(24(37)12-18-6-8-20(29(39)40)26(13-18)41-4)36-16-27(42-5)22(15-28(36)38)21-14-19(32)7-9-25(21)43-17-31(33,34)35/h6-9,13-16,23H,10-12,17H2,1-5H3,(H,39,40)/t23-/m0/s1. The van der Waals surface area contributed by atoms with Gasteiger partial charge in [-0.2, -0.15) is 13.2 Å². The Hall–Kier alpha value is -4.03. The summed E-state index contributed by atoms with van der Waals surface area (Å²) in [6.45, 7) is 4.07. The van der Waals surface area contributed by atoms with Crippen molar-refractivity contribution in [3.63, 3.8) is 0 Å². The molecule has 0 amide bonds. The van der Waals surface area contributed by atoms with E-state index in [9.17, 15) is 32.7 Å². The van der Waals surface area contributed by atoms with Crippen molar-refractivity contribution in [3.8, 4) is 28.4 Å². The number of carbonyl (C=O) groups is 2. The molecule has 1 N–H and O–H groups in total. The van der Waals surface area contributed by atoms with Crippen LogP contribution >= 0.6 is 11.6 Å². The zero-order valence-electron chi connectivity index (χ0n) is 24.8. The van der Waals surface area contributed by atoms with Gasteiger partial charge in [0.05, 0.1) is 32.1 Å². The van der Waals surface area contributed by atoms with Gasteiger partial charge in [-0.25, -0.2) is 4.79 Å². The van der Waals surface area contributed by atoms with Crippen LogP contribution in [0.4, 0.5) is 13.2 Å². The van der Waals surface area contributed by atoms with Crippen LogP contribution in [-0.2, 0) is 16.0 Å². The van der Waals surface area contributed by atoms with Crippen molar-refractivity contribution in [2.75, 3.05) is 27.4 Å². The van der Waals surface area contributed by atoms with E-state index in [1.807, 2.05) is 20.8 Å². The number of carboxylic acid groups (broad SMARTS) is 1. The van der Waals surface area contributed by atoms with Gasteiger partial charge in [0.15, 0.2) is 12.4 Å². The number of carboxylic acids is 1. The first-order valence-corrected chi connectivity index (χ1v) is 13.8. The first-order valence-electron chi connectivity index (χ1n) is 13.4. The summed E-state index contributed by atoms with van der Waals surface area (Å²) in [7, 11) is 2.62. The Kier molecular flexibility index (Phi) is 11.1. The Morgan fingerprint density at radius 2 is 1.61 bits per heavy atom. The van der Waals surface area contributed by atoms with E-state index in [0.717, 1.165) is 6.07 Å². The average molecular weight is 640 g/mol. The van der Waals surface area contributed by atoms with Crippen molar-refractivity contribution in [1.29, 1.82) is 0 Å². The molecule has 2 aromatic carbocycles. The largest absolute Gasteiger partial charge is 0.496 e. The van der Waals surface area contributed by atoms with E-state index in [1.165, 1.54) is 61.4 Å². The van der Waals surface area contributed by atoms with Crippen LogP contribution in [0.1, 0.15) is 49.2 Å². The number of benzene rings is 2. The number of aromatic carboxylic acids is 1. The highest BCUT2D eigenvalue weighted by atomic mass is 35.5. The number of ether oxygens (including phenoxy) is 4. The lowest BCUT2D eigenvalue weighted by atomic mass is 9.99. The van der Waals surface area contributed by atoms with Crippen molar-refractivity contribution in [3.05, 3.63) is 75.2 Å². The summed E-state index contributed by atoms with van der Waals surface area (Å²) in [6.07, 6.45) is -3.37. The molecule has 0 unspecified atom stereocenters. The van der Waals surface area contributed by atoms with Crippen molar-refractivity contribution in [2.45, 2.75) is 51.4 Å². The molecule has 3 rings (SSSR count). The molecule has 3 aromatic rings. The number of hydrogen-bond donors (Lipinski definition) is 1. The van der Waals surface area contributed by atoms with Crippen LogP contribution in [0.3, 0.4) is 0 Å². The third-order valence-corrected chi connectivity index (χ3v) is 6.63. The molecule has 238 valence electrons. The maximum Gasteiger partial charge on any atom is 0.422 e. The van der Waals surface area contributed by atoms with Crippen LogP contribution in [0.15, 0.2) is 53.5 Å². The van der Waals surface area contributed by atoms with E-state index >= 15 is 0 Å². The number of halogens is 4. The molecule has 1 heterocycles. The number of pyridine rings is 1. The van der Waals surface area contributed by atoms with Gasteiger partial charge in [-0.3, -0.25) is 9.59 Å². The predicted molar refractivity (Wildman–Crippen MR) is 157 cm³/mol. The number of Topliss-reactive ketones (excluding diaryl/α,β-unsaturated/α-hetero) is 1. The molecule has 0 aliphatic heterocycles. The molecule has 0 saturated heterocycles. The van der Waals surface area contributed by atoms with E-state index in [-0.39, 0.29) is 64.2 Å². The average Bonchev–Trinajstić information content (AvgIpc) is 2.93. The molecule has 13 heteroatoms. The van der Waals surface area contributed by atoms with Crippen LogP contribution in [-0.4, -0.2) is 60.6 Å². The zero-order chi connectivity index (χ0) is 32.8. The van der Waals surface area contributed by atoms with Crippen LogP contribution in [0.25, 0.3) is 11.1 Å². The highest BCUT2D eigenvalue weighted by Gasteiger charge is 2.30. The fraction of sp³-hybridized carbons (Fsp3) is 0.387. The second-order valence-electron chi connectivity index (χ2n) is 10.8. The molecule has 0 aliphatic carbocycles. The van der Waals surface area contributed by atoms with Crippen LogP contribution in [0.5, 0.6) is 17.2 Å². The molecule has 1 atom stereocenters. The highest BCUT2D eigenvalue weighted by molar-refractivity contribution is 6.31. The van der Waals surface area contributed by atoms with Gasteiger partial charge in [0.1, 0.15) is 22.8 Å². The summed E-state index contributed by atoms with van der Waals surface area (Å²) < 4.78 is 61.4. The summed E-state index contributed by atoms with van der Waals surface area (Å²) >= 11 is 6.13. The van der Waals surface area contributed by atoms with Gasteiger partial charge < -0.3 is 28.6 Å². The molecule has 0 radical (unpaired) electrons. The van der Waals surface area contributed by atoms with E-state index in [1.54, 1.807) is 0 Å². The zero-order valence-corrected chi connectivity index (χ0v) is 25.5. The normalized spacial score (nSPS) is 12.5. The van der Waals surface area contributed by atoms with E-state index in [2.05, 4.69) is 0 Å². The van der Waals surface area contributed by atoms with E-state index in [0.29, 0.717) is 5.56 Å². The van der Waals surface area contributed by atoms with Crippen LogP contribution < -0.4 is 19.8 Å². The number of hydrogen-bond acceptors (Lipinski definition) is 7. The highest BCUT2D eigenvalue weighted by Crippen LogP contribution is 2.38. The van der Waals surface area contributed by atoms with Crippen molar-refractivity contribution in [1.82, 2.24) is 4.57 Å². The van der Waals surface area contributed by atoms with Gasteiger partial charge in [-0.05, 0) is 63.1 Å². The molecule has 0 bridgehead atoms. The molecule has 0 aliphatic rings. The number of aromatic nitrogens is 1. The number of alkyl halides is 3. The van der Waals surface area contributed by atoms with Crippen LogP contribution in [0, 0.1) is 0 Å². The maximum atomic E-state index is 13.7. The first-order chi connectivity index (χ1) is 20.5. The molecule has 1 aromatic heterocycles. The number of ketones is 1. The maximum absolute atomic E-state index is 13.7. The summed E-state index contributed by atoms with van der Waals surface area (Å²) in [4.78, 5) is 38.7. The Bertz CT molecular complexity index is 1560. The predicted octanol–water partition coefficient (Wildman–Crippen LogP) is 6.38. The number of methoxy groups -OCH3 is 2. The topological polar surface area (TPSA) is 113 Å². The third-order valence-electron chi connectivity index (χ3n) is 6.40. The fourth-order valence-electron chi connectivity index (χ4n) is 4.42.